The van der Waals surface area contributed by atoms with Crippen LogP contribution in [0.15, 0.2) is 35.7 Å². The van der Waals surface area contributed by atoms with Gasteiger partial charge in [-0.2, -0.15) is 0 Å². The number of sulfonamides is 1. The van der Waals surface area contributed by atoms with Crippen LogP contribution in [0.3, 0.4) is 0 Å². The molecule has 0 aliphatic carbocycles. The van der Waals surface area contributed by atoms with E-state index < -0.39 is 15.8 Å². The van der Waals surface area contributed by atoms with Crippen LogP contribution in [0, 0.1) is 11.7 Å². The fraction of sp³-hybridized carbons (Fsp3) is 0.467. The summed E-state index contributed by atoms with van der Waals surface area (Å²) in [6, 6.07) is 0.947. The van der Waals surface area contributed by atoms with Crippen LogP contribution in [0.2, 0.25) is 0 Å². The molecular formula is C15H19FN4O3S. The van der Waals surface area contributed by atoms with Crippen LogP contribution in [-0.4, -0.2) is 36.1 Å². The average molecular weight is 354 g/mol. The summed E-state index contributed by atoms with van der Waals surface area (Å²) in [6.45, 7) is 0.810. The number of hydrogen-bond acceptors (Lipinski definition) is 5. The molecule has 0 aromatic carbocycles. The van der Waals surface area contributed by atoms with E-state index in [0.29, 0.717) is 6.61 Å². The molecule has 130 valence electrons. The van der Waals surface area contributed by atoms with Crippen LogP contribution in [0.5, 0.6) is 0 Å². The zero-order valence-corrected chi connectivity index (χ0v) is 14.0. The van der Waals surface area contributed by atoms with Crippen molar-refractivity contribution in [2.24, 2.45) is 13.0 Å². The molecule has 1 aliphatic rings. The number of rotatable bonds is 5. The van der Waals surface area contributed by atoms with Gasteiger partial charge in [0.15, 0.2) is 0 Å². The van der Waals surface area contributed by atoms with Crippen LogP contribution in [-0.2, 0) is 21.8 Å². The molecule has 1 aliphatic heterocycles. The normalized spacial score (nSPS) is 21.8. The Hall–Kier alpha value is -1.84. The van der Waals surface area contributed by atoms with Gasteiger partial charge in [-0.1, -0.05) is 0 Å². The molecule has 2 aromatic rings. The third-order valence-corrected chi connectivity index (χ3v) is 5.47. The second kappa shape index (κ2) is 6.96. The molecule has 24 heavy (non-hydrogen) atoms. The molecule has 7 nitrogen and oxygen atoms in total. The standard InChI is InChI=1S/C15H19FN4O3S/c1-20-5-4-18-15(20)14-11(3-2-6-23-14)8-19-24(21,22)13-7-12(16)9-17-10-13/h4-5,7,9-11,14,19H,2-3,6,8H2,1H3/t11-,14+/m0/s1. The maximum Gasteiger partial charge on any atom is 0.242 e. The zero-order valence-electron chi connectivity index (χ0n) is 13.2. The number of ether oxygens (including phenoxy) is 1. The lowest BCUT2D eigenvalue weighted by Gasteiger charge is -2.31. The first-order chi connectivity index (χ1) is 11.5. The van der Waals surface area contributed by atoms with Crippen molar-refractivity contribution in [1.29, 1.82) is 0 Å². The summed E-state index contributed by atoms with van der Waals surface area (Å²) in [5, 5.41) is 0. The molecule has 1 N–H and O–H groups in total. The molecule has 1 fully saturated rings. The van der Waals surface area contributed by atoms with Crippen LogP contribution in [0.4, 0.5) is 4.39 Å². The van der Waals surface area contributed by atoms with Crippen molar-refractivity contribution in [2.75, 3.05) is 13.2 Å². The molecular weight excluding hydrogens is 335 g/mol. The Morgan fingerprint density at radius 1 is 1.46 bits per heavy atom. The van der Waals surface area contributed by atoms with Gasteiger partial charge in [0.2, 0.25) is 10.0 Å². The van der Waals surface area contributed by atoms with Gasteiger partial charge in [0, 0.05) is 44.7 Å². The minimum Gasteiger partial charge on any atom is -0.370 e. The van der Waals surface area contributed by atoms with Crippen molar-refractivity contribution in [2.45, 2.75) is 23.8 Å². The highest BCUT2D eigenvalue weighted by molar-refractivity contribution is 7.89. The molecule has 0 bridgehead atoms. The first-order valence-electron chi connectivity index (χ1n) is 7.66. The zero-order chi connectivity index (χ0) is 17.2. The number of aryl methyl sites for hydroxylation is 1. The van der Waals surface area contributed by atoms with E-state index in [1.165, 1.54) is 0 Å². The molecule has 1 saturated heterocycles. The van der Waals surface area contributed by atoms with Crippen molar-refractivity contribution in [3.8, 4) is 0 Å². The molecule has 3 heterocycles. The van der Waals surface area contributed by atoms with Crippen molar-refractivity contribution >= 4 is 10.0 Å². The van der Waals surface area contributed by atoms with Gasteiger partial charge in [-0.25, -0.2) is 22.5 Å². The summed E-state index contributed by atoms with van der Waals surface area (Å²) in [5.74, 6) is 0.0345. The monoisotopic (exact) mass is 354 g/mol. The number of imidazole rings is 1. The summed E-state index contributed by atoms with van der Waals surface area (Å²) >= 11 is 0. The lowest BCUT2D eigenvalue weighted by Crippen LogP contribution is -2.36. The van der Waals surface area contributed by atoms with E-state index in [1.807, 2.05) is 17.8 Å². The lowest BCUT2D eigenvalue weighted by molar-refractivity contribution is -0.0328. The first-order valence-corrected chi connectivity index (χ1v) is 9.15. The van der Waals surface area contributed by atoms with Crippen molar-refractivity contribution in [3.63, 3.8) is 0 Å². The topological polar surface area (TPSA) is 86.1 Å². The number of hydrogen-bond donors (Lipinski definition) is 1. The number of nitrogens with zero attached hydrogens (tertiary/aromatic N) is 3. The fourth-order valence-electron chi connectivity index (χ4n) is 2.83. The van der Waals surface area contributed by atoms with E-state index in [4.69, 9.17) is 4.74 Å². The predicted octanol–water partition coefficient (Wildman–Crippen LogP) is 1.40. The van der Waals surface area contributed by atoms with Crippen LogP contribution >= 0.6 is 0 Å². The van der Waals surface area contributed by atoms with E-state index in [9.17, 15) is 12.8 Å². The quantitative estimate of drug-likeness (QED) is 0.877. The van der Waals surface area contributed by atoms with Gasteiger partial charge < -0.3 is 9.30 Å². The highest BCUT2D eigenvalue weighted by Crippen LogP contribution is 2.32. The largest absolute Gasteiger partial charge is 0.370 e. The van der Waals surface area contributed by atoms with Crippen molar-refractivity contribution in [3.05, 3.63) is 42.5 Å². The molecule has 3 rings (SSSR count). The highest BCUT2D eigenvalue weighted by atomic mass is 32.2. The molecule has 2 aromatic heterocycles. The molecule has 0 amide bonds. The molecule has 0 saturated carbocycles. The highest BCUT2D eigenvalue weighted by Gasteiger charge is 2.31. The van der Waals surface area contributed by atoms with Crippen molar-refractivity contribution < 1.29 is 17.5 Å². The van der Waals surface area contributed by atoms with E-state index >= 15 is 0 Å². The van der Waals surface area contributed by atoms with Crippen LogP contribution < -0.4 is 4.72 Å². The Morgan fingerprint density at radius 3 is 3.00 bits per heavy atom. The molecule has 0 unspecified atom stereocenters. The Labute approximate surface area is 139 Å². The Morgan fingerprint density at radius 2 is 2.29 bits per heavy atom. The van der Waals surface area contributed by atoms with Gasteiger partial charge in [0.1, 0.15) is 22.6 Å². The van der Waals surface area contributed by atoms with Crippen LogP contribution in [0.25, 0.3) is 0 Å². The Balaban J connectivity index is 1.73. The number of halogens is 1. The smallest absolute Gasteiger partial charge is 0.242 e. The number of aromatic nitrogens is 3. The van der Waals surface area contributed by atoms with Gasteiger partial charge in [-0.15, -0.1) is 0 Å². The third-order valence-electron chi connectivity index (χ3n) is 4.08. The van der Waals surface area contributed by atoms with Gasteiger partial charge in [-0.05, 0) is 18.9 Å². The molecule has 0 radical (unpaired) electrons. The summed E-state index contributed by atoms with van der Waals surface area (Å²) in [7, 11) is -1.94. The minimum atomic E-state index is -3.82. The lowest BCUT2D eigenvalue weighted by atomic mass is 9.94. The maximum atomic E-state index is 13.2. The SMILES string of the molecule is Cn1ccnc1[C@@H]1OCCC[C@H]1CNS(=O)(=O)c1cncc(F)c1. The number of nitrogens with one attached hydrogen (secondary N) is 1. The summed E-state index contributed by atoms with van der Waals surface area (Å²) in [6.07, 6.45) is 7.01. The van der Waals surface area contributed by atoms with Gasteiger partial charge in [0.25, 0.3) is 0 Å². The summed E-state index contributed by atoms with van der Waals surface area (Å²) < 4.78 is 48.0. The minimum absolute atomic E-state index is 0.0452. The van der Waals surface area contributed by atoms with Gasteiger partial charge >= 0.3 is 0 Å². The maximum absolute atomic E-state index is 13.2. The van der Waals surface area contributed by atoms with Crippen molar-refractivity contribution in [1.82, 2.24) is 19.3 Å². The Kier molecular flexibility index (Phi) is 4.93. The third kappa shape index (κ3) is 3.63. The van der Waals surface area contributed by atoms with E-state index in [-0.39, 0.29) is 23.5 Å². The Bertz CT molecular complexity index is 809. The second-order valence-electron chi connectivity index (χ2n) is 5.78. The van der Waals surface area contributed by atoms with E-state index in [2.05, 4.69) is 14.7 Å². The molecule has 0 spiro atoms. The number of pyridine rings is 1. The second-order valence-corrected chi connectivity index (χ2v) is 7.55. The first kappa shape index (κ1) is 17.0. The fourth-order valence-corrected chi connectivity index (χ4v) is 3.90. The average Bonchev–Trinajstić information content (AvgIpc) is 2.99. The van der Waals surface area contributed by atoms with Crippen LogP contribution in [0.1, 0.15) is 24.8 Å². The summed E-state index contributed by atoms with van der Waals surface area (Å²) in [5.41, 5.74) is 0. The van der Waals surface area contributed by atoms with Gasteiger partial charge in [-0.3, -0.25) is 4.98 Å². The van der Waals surface area contributed by atoms with E-state index in [1.54, 1.807) is 6.20 Å². The predicted molar refractivity (Wildman–Crippen MR) is 84.0 cm³/mol. The van der Waals surface area contributed by atoms with Gasteiger partial charge in [0.05, 0.1) is 6.20 Å². The molecule has 9 heteroatoms. The molecule has 2 atom stereocenters. The summed E-state index contributed by atoms with van der Waals surface area (Å²) in [4.78, 5) is 7.70. The van der Waals surface area contributed by atoms with E-state index in [0.717, 1.165) is 37.1 Å².